The summed E-state index contributed by atoms with van der Waals surface area (Å²) in [4.78, 5) is 15.1. The molecule has 0 radical (unpaired) electrons. The van der Waals surface area contributed by atoms with Crippen molar-refractivity contribution in [3.05, 3.63) is 23.5 Å². The molecule has 0 unspecified atom stereocenters. The lowest BCUT2D eigenvalue weighted by Gasteiger charge is -2.61. The van der Waals surface area contributed by atoms with Crippen molar-refractivity contribution in [1.82, 2.24) is 15.0 Å². The van der Waals surface area contributed by atoms with E-state index in [1.54, 1.807) is 13.0 Å². The molecule has 4 saturated carbocycles. The lowest BCUT2D eigenvalue weighted by atomic mass is 9.44. The average Bonchev–Trinajstić information content (AvgIpc) is 3.34. The Morgan fingerprint density at radius 1 is 1.00 bits per heavy atom. The number of fused-ring (bicyclic) bond motifs is 6. The van der Waals surface area contributed by atoms with Crippen LogP contribution in [-0.4, -0.2) is 31.5 Å². The molecule has 1 heterocycles. The monoisotopic (exact) mass is 481 g/mol. The second-order valence-corrected chi connectivity index (χ2v) is 13.3. The Balaban J connectivity index is 1.20. The molecule has 1 aromatic heterocycles. The molecular weight excluding hydrogens is 441 g/mol. The molecule has 0 amide bonds. The van der Waals surface area contributed by atoms with Crippen LogP contribution in [-0.2, 0) is 11.3 Å². The Morgan fingerprint density at radius 2 is 1.71 bits per heavy atom. The van der Waals surface area contributed by atoms with Crippen molar-refractivity contribution in [3.8, 4) is 0 Å². The zero-order valence-corrected chi connectivity index (χ0v) is 21.7. The standard InChI is InChI=1S/C29H40FN3O2/c1-17-13-24-25(14-23(17)30)32-33(31-24)16-26(34)22-8-7-20-19-6-5-18-15-27(2,35)11-12-28(18,3)21(19)9-10-29(20,22)4/h13-14,18-22,35H,5-12,15-16H2,1-4H3/t18-,19+,20+,21+,22-,27-,28+,29+/m1/s1. The van der Waals surface area contributed by atoms with Crippen LogP contribution in [0.4, 0.5) is 4.39 Å². The third-order valence-corrected chi connectivity index (χ3v) is 11.3. The molecule has 4 aliphatic rings. The van der Waals surface area contributed by atoms with Crippen LogP contribution < -0.4 is 0 Å². The first-order valence-electron chi connectivity index (χ1n) is 13.8. The molecule has 6 rings (SSSR count). The largest absolute Gasteiger partial charge is 0.390 e. The van der Waals surface area contributed by atoms with Gasteiger partial charge in [0.15, 0.2) is 5.78 Å². The van der Waals surface area contributed by atoms with Gasteiger partial charge in [0, 0.05) is 12.0 Å². The summed E-state index contributed by atoms with van der Waals surface area (Å²) < 4.78 is 14.0. The van der Waals surface area contributed by atoms with Gasteiger partial charge in [0.2, 0.25) is 0 Å². The van der Waals surface area contributed by atoms with Gasteiger partial charge in [-0.1, -0.05) is 13.8 Å². The van der Waals surface area contributed by atoms with Crippen molar-refractivity contribution >= 4 is 16.8 Å². The van der Waals surface area contributed by atoms with Gasteiger partial charge in [-0.25, -0.2) is 4.39 Å². The van der Waals surface area contributed by atoms with Gasteiger partial charge in [-0.2, -0.15) is 15.0 Å². The highest BCUT2D eigenvalue weighted by atomic mass is 19.1. The number of carbonyl (C=O) groups is 1. The smallest absolute Gasteiger partial charge is 0.159 e. The van der Waals surface area contributed by atoms with Gasteiger partial charge in [0.05, 0.1) is 5.60 Å². The van der Waals surface area contributed by atoms with E-state index in [1.807, 2.05) is 6.92 Å². The number of aryl methyl sites for hydroxylation is 1. The van der Waals surface area contributed by atoms with Gasteiger partial charge in [-0.3, -0.25) is 4.79 Å². The van der Waals surface area contributed by atoms with Crippen LogP contribution >= 0.6 is 0 Å². The van der Waals surface area contributed by atoms with E-state index in [1.165, 1.54) is 30.1 Å². The van der Waals surface area contributed by atoms with Crippen molar-refractivity contribution in [3.63, 3.8) is 0 Å². The number of aliphatic hydroxyl groups is 1. The molecule has 1 N–H and O–H groups in total. The van der Waals surface area contributed by atoms with Gasteiger partial charge in [0.25, 0.3) is 0 Å². The number of benzene rings is 1. The Labute approximate surface area is 207 Å². The van der Waals surface area contributed by atoms with Crippen molar-refractivity contribution in [2.24, 2.45) is 40.4 Å². The zero-order chi connectivity index (χ0) is 24.8. The normalized spacial score (nSPS) is 43.0. The Morgan fingerprint density at radius 3 is 2.49 bits per heavy atom. The van der Waals surface area contributed by atoms with Crippen LogP contribution in [0.15, 0.2) is 12.1 Å². The summed E-state index contributed by atoms with van der Waals surface area (Å²) in [7, 11) is 0. The molecule has 35 heavy (non-hydrogen) atoms. The molecule has 4 aliphatic carbocycles. The topological polar surface area (TPSA) is 68.0 Å². The van der Waals surface area contributed by atoms with Crippen LogP contribution in [0.5, 0.6) is 0 Å². The van der Waals surface area contributed by atoms with E-state index in [9.17, 15) is 14.3 Å². The highest BCUT2D eigenvalue weighted by Crippen LogP contribution is 2.68. The number of Topliss-reactive ketones (excluding diaryl/α,β-unsaturated/α-hetero) is 1. The number of rotatable bonds is 3. The average molecular weight is 482 g/mol. The second-order valence-electron chi connectivity index (χ2n) is 13.3. The van der Waals surface area contributed by atoms with Crippen molar-refractivity contribution < 1.29 is 14.3 Å². The fraction of sp³-hybridized carbons (Fsp3) is 0.759. The van der Waals surface area contributed by atoms with Crippen LogP contribution in [0.1, 0.15) is 84.1 Å². The highest BCUT2D eigenvalue weighted by Gasteiger charge is 2.61. The van der Waals surface area contributed by atoms with E-state index in [-0.39, 0.29) is 29.5 Å². The van der Waals surface area contributed by atoms with Crippen LogP contribution in [0.2, 0.25) is 0 Å². The summed E-state index contributed by atoms with van der Waals surface area (Å²) in [6, 6.07) is 3.11. The maximum Gasteiger partial charge on any atom is 0.159 e. The predicted octanol–water partition coefficient (Wildman–Crippen LogP) is 5.86. The lowest BCUT2D eigenvalue weighted by Crippen LogP contribution is -2.55. The van der Waals surface area contributed by atoms with Gasteiger partial charge in [-0.05, 0) is 118 Å². The minimum atomic E-state index is -0.499. The summed E-state index contributed by atoms with van der Waals surface area (Å²) in [5.74, 6) is 2.66. The summed E-state index contributed by atoms with van der Waals surface area (Å²) in [5.41, 5.74) is 1.58. The molecule has 1 aromatic carbocycles. The number of halogens is 1. The first-order valence-corrected chi connectivity index (χ1v) is 13.8. The van der Waals surface area contributed by atoms with Gasteiger partial charge in [0.1, 0.15) is 23.4 Å². The maximum atomic E-state index is 14.0. The van der Waals surface area contributed by atoms with Gasteiger partial charge >= 0.3 is 0 Å². The molecule has 0 spiro atoms. The fourth-order valence-corrected chi connectivity index (χ4v) is 9.37. The van der Waals surface area contributed by atoms with Crippen LogP contribution in [0.25, 0.3) is 11.0 Å². The number of ketones is 1. The quantitative estimate of drug-likeness (QED) is 0.596. The maximum absolute atomic E-state index is 14.0. The Kier molecular flexibility index (Phi) is 5.28. The zero-order valence-electron chi connectivity index (χ0n) is 21.7. The van der Waals surface area contributed by atoms with Gasteiger partial charge in [-0.15, -0.1) is 0 Å². The number of carbonyl (C=O) groups excluding carboxylic acids is 1. The summed E-state index contributed by atoms with van der Waals surface area (Å²) >= 11 is 0. The minimum absolute atomic E-state index is 0.0525. The molecule has 0 bridgehead atoms. The van der Waals surface area contributed by atoms with Crippen LogP contribution in [0.3, 0.4) is 0 Å². The molecule has 2 aromatic rings. The summed E-state index contributed by atoms with van der Waals surface area (Å²) in [6.45, 7) is 8.82. The molecule has 190 valence electrons. The summed E-state index contributed by atoms with van der Waals surface area (Å²) in [6.07, 6.45) is 9.91. The SMILES string of the molecule is Cc1cc2nn(CC(=O)[C@H]3CC[C@H]4[C@@H]5CC[C@@H]6C[C@](C)(O)CC[C@]6(C)[C@H]5CC[C@]34C)nc2cc1F. The second kappa shape index (κ2) is 7.84. The van der Waals surface area contributed by atoms with E-state index in [4.69, 9.17) is 0 Å². The highest BCUT2D eigenvalue weighted by molar-refractivity contribution is 5.82. The van der Waals surface area contributed by atoms with Crippen molar-refractivity contribution in [2.75, 3.05) is 0 Å². The van der Waals surface area contributed by atoms with E-state index in [0.717, 1.165) is 44.4 Å². The molecule has 4 fully saturated rings. The number of aromatic nitrogens is 3. The third-order valence-electron chi connectivity index (χ3n) is 11.3. The van der Waals surface area contributed by atoms with E-state index in [2.05, 4.69) is 24.0 Å². The Hall–Kier alpha value is -1.82. The van der Waals surface area contributed by atoms with E-state index in [0.29, 0.717) is 39.8 Å². The predicted molar refractivity (Wildman–Crippen MR) is 133 cm³/mol. The first kappa shape index (κ1) is 23.6. The summed E-state index contributed by atoms with van der Waals surface area (Å²) in [5, 5.41) is 19.6. The van der Waals surface area contributed by atoms with Crippen LogP contribution in [0, 0.1) is 53.2 Å². The molecule has 0 aliphatic heterocycles. The molecule has 0 saturated heterocycles. The van der Waals surface area contributed by atoms with Crippen molar-refractivity contribution in [2.45, 2.75) is 97.6 Å². The van der Waals surface area contributed by atoms with E-state index >= 15 is 0 Å². The fourth-order valence-electron chi connectivity index (χ4n) is 9.37. The van der Waals surface area contributed by atoms with Gasteiger partial charge < -0.3 is 5.11 Å². The molecule has 6 heteroatoms. The van der Waals surface area contributed by atoms with Crippen molar-refractivity contribution in [1.29, 1.82) is 0 Å². The molecule has 8 atom stereocenters. The Bertz CT molecular complexity index is 1140. The minimum Gasteiger partial charge on any atom is -0.390 e. The lowest BCUT2D eigenvalue weighted by molar-refractivity contribution is -0.151. The number of nitrogens with zero attached hydrogens (tertiary/aromatic N) is 3. The number of hydrogen-bond donors (Lipinski definition) is 1. The third kappa shape index (κ3) is 3.60. The van der Waals surface area contributed by atoms with E-state index < -0.39 is 5.60 Å². The molecular formula is C29H40FN3O2. The molecule has 5 nitrogen and oxygen atoms in total. The first-order chi connectivity index (χ1) is 16.5. The number of hydrogen-bond acceptors (Lipinski definition) is 4.